The highest BCUT2D eigenvalue weighted by molar-refractivity contribution is 5.90. The zero-order valence-electron chi connectivity index (χ0n) is 21.9. The van der Waals surface area contributed by atoms with Gasteiger partial charge in [0.15, 0.2) is 28.6 Å². The Morgan fingerprint density at radius 1 is 1.10 bits per heavy atom. The number of halogens is 2. The van der Waals surface area contributed by atoms with Crippen molar-refractivity contribution in [3.8, 4) is 17.3 Å². The fourth-order valence-corrected chi connectivity index (χ4v) is 4.86. The highest BCUT2D eigenvalue weighted by Crippen LogP contribution is 2.29. The van der Waals surface area contributed by atoms with E-state index < -0.39 is 17.6 Å². The van der Waals surface area contributed by atoms with Crippen LogP contribution in [-0.4, -0.2) is 84.7 Å². The molecule has 15 heteroatoms. The van der Waals surface area contributed by atoms with Crippen molar-refractivity contribution in [1.29, 1.82) is 0 Å². The molecule has 0 bridgehead atoms. The second-order valence-corrected chi connectivity index (χ2v) is 9.63. The Morgan fingerprint density at radius 3 is 2.68 bits per heavy atom. The highest BCUT2D eigenvalue weighted by Gasteiger charge is 2.23. The van der Waals surface area contributed by atoms with E-state index in [1.165, 1.54) is 10.6 Å². The number of hydrogen-bond acceptors (Lipinski definition) is 10. The zero-order valence-corrected chi connectivity index (χ0v) is 21.9. The molecule has 5 aromatic rings. The van der Waals surface area contributed by atoms with Gasteiger partial charge in [-0.3, -0.25) is 9.69 Å². The summed E-state index contributed by atoms with van der Waals surface area (Å²) >= 11 is 0. The zero-order chi connectivity index (χ0) is 28.5. The van der Waals surface area contributed by atoms with Gasteiger partial charge in [0, 0.05) is 51.3 Å². The van der Waals surface area contributed by atoms with Gasteiger partial charge in [0.05, 0.1) is 36.7 Å². The van der Waals surface area contributed by atoms with Crippen LogP contribution >= 0.6 is 0 Å². The average molecular weight is 568 g/mol. The summed E-state index contributed by atoms with van der Waals surface area (Å²) in [5.41, 5.74) is 7.56. The molecule has 0 atom stereocenters. The maximum Gasteiger partial charge on any atom is 0.303 e. The molecule has 5 heterocycles. The van der Waals surface area contributed by atoms with Crippen molar-refractivity contribution in [1.82, 2.24) is 34.3 Å². The van der Waals surface area contributed by atoms with Crippen molar-refractivity contribution in [3.05, 3.63) is 48.4 Å². The Balaban J connectivity index is 1.09. The van der Waals surface area contributed by atoms with Crippen LogP contribution in [0.1, 0.15) is 12.8 Å². The molecule has 0 unspecified atom stereocenters. The van der Waals surface area contributed by atoms with E-state index in [0.717, 1.165) is 6.07 Å². The van der Waals surface area contributed by atoms with Crippen LogP contribution in [0.3, 0.4) is 0 Å². The summed E-state index contributed by atoms with van der Waals surface area (Å²) < 4.78 is 42.9. The maximum absolute atomic E-state index is 14.6. The number of piperazine rings is 1. The van der Waals surface area contributed by atoms with E-state index in [-0.39, 0.29) is 36.8 Å². The molecule has 4 aromatic heterocycles. The van der Waals surface area contributed by atoms with Gasteiger partial charge in [0.25, 0.3) is 0 Å². The third-order valence-electron chi connectivity index (χ3n) is 6.97. The molecule has 6 rings (SSSR count). The van der Waals surface area contributed by atoms with Crippen molar-refractivity contribution in [2.75, 3.05) is 50.0 Å². The molecule has 3 N–H and O–H groups in total. The molecule has 0 radical (unpaired) electrons. The minimum atomic E-state index is -0.958. The lowest BCUT2D eigenvalue weighted by Gasteiger charge is -2.36. The van der Waals surface area contributed by atoms with Gasteiger partial charge in [0.1, 0.15) is 5.82 Å². The number of nitrogen functional groups attached to an aromatic ring is 1. The number of benzene rings is 1. The molecule has 1 saturated heterocycles. The lowest BCUT2D eigenvalue weighted by atomic mass is 10.2. The summed E-state index contributed by atoms with van der Waals surface area (Å²) in [6.07, 6.45) is 3.37. The number of carboxylic acids is 1. The maximum atomic E-state index is 14.6. The first kappa shape index (κ1) is 26.4. The highest BCUT2D eigenvalue weighted by atomic mass is 19.1. The van der Waals surface area contributed by atoms with Gasteiger partial charge in [-0.25, -0.2) is 18.4 Å². The first-order valence-electron chi connectivity index (χ1n) is 13.1. The van der Waals surface area contributed by atoms with Crippen LogP contribution < -0.4 is 15.4 Å². The van der Waals surface area contributed by atoms with Gasteiger partial charge < -0.3 is 24.9 Å². The Kier molecular flexibility index (Phi) is 7.09. The van der Waals surface area contributed by atoms with Crippen LogP contribution in [0.25, 0.3) is 28.3 Å². The van der Waals surface area contributed by atoms with Gasteiger partial charge in [-0.1, -0.05) is 0 Å². The number of carbonyl (C=O) groups is 1. The summed E-state index contributed by atoms with van der Waals surface area (Å²) in [5, 5.41) is 18.4. The summed E-state index contributed by atoms with van der Waals surface area (Å²) in [6, 6.07) is 5.67. The third-order valence-corrected chi connectivity index (χ3v) is 6.97. The Labute approximate surface area is 231 Å². The molecule has 0 aliphatic carbocycles. The first-order valence-corrected chi connectivity index (χ1v) is 13.1. The molecule has 1 fully saturated rings. The lowest BCUT2D eigenvalue weighted by Crippen LogP contribution is -2.47. The van der Waals surface area contributed by atoms with E-state index in [1.807, 2.05) is 4.90 Å². The summed E-state index contributed by atoms with van der Waals surface area (Å²) in [4.78, 5) is 23.8. The minimum Gasteiger partial charge on any atom is -0.490 e. The smallest absolute Gasteiger partial charge is 0.303 e. The number of aromatic nitrogens is 6. The lowest BCUT2D eigenvalue weighted by molar-refractivity contribution is -0.137. The molecule has 1 aromatic carbocycles. The standard InChI is InChI=1S/C26H27F2N9O4/c27-17-13-18(28)21(41-12-2-4-22(38)39)14-19(17)35-8-5-34(6-9-35)7-10-36-24-16(15-30-36)25-31-23(20-3-1-11-40-20)33-37(25)26(29)32-24/h1,3,11,13-15H,2,4-10,12H2,(H2,29,32)(H,38,39). The van der Waals surface area contributed by atoms with Gasteiger partial charge in [-0.15, -0.1) is 5.10 Å². The number of anilines is 2. The molecule has 13 nitrogen and oxygen atoms in total. The molecule has 41 heavy (non-hydrogen) atoms. The van der Waals surface area contributed by atoms with E-state index in [0.29, 0.717) is 67.5 Å². The number of furan rings is 1. The summed E-state index contributed by atoms with van der Waals surface area (Å²) in [5.74, 6) is -1.44. The van der Waals surface area contributed by atoms with E-state index in [4.69, 9.17) is 20.0 Å². The second-order valence-electron chi connectivity index (χ2n) is 9.63. The Morgan fingerprint density at radius 2 is 1.93 bits per heavy atom. The van der Waals surface area contributed by atoms with Crippen molar-refractivity contribution in [3.63, 3.8) is 0 Å². The number of ether oxygens (including phenoxy) is 1. The number of nitrogens with zero attached hydrogens (tertiary/aromatic N) is 8. The Hall–Kier alpha value is -4.79. The van der Waals surface area contributed by atoms with Gasteiger partial charge in [-0.05, 0) is 18.6 Å². The summed E-state index contributed by atoms with van der Waals surface area (Å²) in [6.45, 7) is 3.61. The molecular weight excluding hydrogens is 540 g/mol. The van der Waals surface area contributed by atoms with Crippen molar-refractivity contribution in [2.24, 2.45) is 0 Å². The quantitative estimate of drug-likeness (QED) is 0.240. The van der Waals surface area contributed by atoms with Crippen molar-refractivity contribution in [2.45, 2.75) is 19.4 Å². The SMILES string of the molecule is Nc1nc2c(cnn2CCN2CCN(c3cc(OCCCC(=O)O)c(F)cc3F)CC2)c2nc(-c3ccco3)nn12. The van der Waals surface area contributed by atoms with Gasteiger partial charge >= 0.3 is 5.97 Å². The van der Waals surface area contributed by atoms with Crippen LogP contribution in [0.15, 0.2) is 41.1 Å². The number of carboxylic acid groups (broad SMARTS) is 1. The fraction of sp³-hybridized carbons (Fsp3) is 0.346. The molecule has 1 aliphatic heterocycles. The van der Waals surface area contributed by atoms with Crippen molar-refractivity contribution >= 4 is 34.3 Å². The fourth-order valence-electron chi connectivity index (χ4n) is 4.86. The first-order chi connectivity index (χ1) is 19.9. The monoisotopic (exact) mass is 567 g/mol. The number of hydrogen-bond donors (Lipinski definition) is 2. The van der Waals surface area contributed by atoms with Crippen molar-refractivity contribution < 1.29 is 27.8 Å². The van der Waals surface area contributed by atoms with E-state index in [2.05, 4.69) is 25.1 Å². The molecule has 1 aliphatic rings. The normalized spacial score (nSPS) is 14.3. The van der Waals surface area contributed by atoms with Gasteiger partial charge in [0.2, 0.25) is 11.8 Å². The van der Waals surface area contributed by atoms with Crippen LogP contribution in [-0.2, 0) is 11.3 Å². The van der Waals surface area contributed by atoms with E-state index >= 15 is 0 Å². The molecule has 0 saturated carbocycles. The molecular formula is C26H27F2N9O4. The van der Waals surface area contributed by atoms with Crippen LogP contribution in [0.4, 0.5) is 20.4 Å². The third kappa shape index (κ3) is 5.35. The van der Waals surface area contributed by atoms with E-state index in [9.17, 15) is 13.6 Å². The second kappa shape index (κ2) is 11.0. The molecule has 0 spiro atoms. The Bertz CT molecular complexity index is 1690. The molecule has 214 valence electrons. The minimum absolute atomic E-state index is 0.0262. The number of fused-ring (bicyclic) bond motifs is 3. The summed E-state index contributed by atoms with van der Waals surface area (Å²) in [7, 11) is 0. The van der Waals surface area contributed by atoms with E-state index in [1.54, 1.807) is 29.3 Å². The number of rotatable bonds is 10. The topological polar surface area (TPSA) is 153 Å². The molecule has 0 amide bonds. The van der Waals surface area contributed by atoms with Crippen LogP contribution in [0, 0.1) is 11.6 Å². The number of nitrogens with two attached hydrogens (primary N) is 1. The van der Waals surface area contributed by atoms with Crippen LogP contribution in [0.2, 0.25) is 0 Å². The number of aliphatic carboxylic acids is 1. The van der Waals surface area contributed by atoms with Gasteiger partial charge in [-0.2, -0.15) is 14.6 Å². The van der Waals surface area contributed by atoms with Crippen LogP contribution in [0.5, 0.6) is 5.75 Å². The average Bonchev–Trinajstić information content (AvgIpc) is 3.71. The largest absolute Gasteiger partial charge is 0.490 e. The predicted molar refractivity (Wildman–Crippen MR) is 144 cm³/mol. The predicted octanol–water partition coefficient (Wildman–Crippen LogP) is 2.66.